The fourth-order valence-electron chi connectivity index (χ4n) is 3.81. The molecule has 0 aromatic heterocycles. The van der Waals surface area contributed by atoms with E-state index in [-0.39, 0.29) is 0 Å². The Morgan fingerprint density at radius 1 is 0.974 bits per heavy atom. The molecule has 2 N–H and O–H groups in total. The van der Waals surface area contributed by atoms with Crippen LogP contribution in [0.3, 0.4) is 0 Å². The number of primary amides is 1. The monoisotopic (exact) mass is 529 g/mol. The van der Waals surface area contributed by atoms with Crippen LogP contribution in [0.4, 0.5) is 5.69 Å². The highest BCUT2D eigenvalue weighted by Crippen LogP contribution is 2.34. The minimum absolute atomic E-state index is 0.380. The summed E-state index contributed by atoms with van der Waals surface area (Å²) in [5.41, 5.74) is 9.51. The van der Waals surface area contributed by atoms with Crippen LogP contribution in [-0.4, -0.2) is 31.2 Å². The lowest BCUT2D eigenvalue weighted by Gasteiger charge is -2.18. The maximum absolute atomic E-state index is 12.8. The lowest BCUT2D eigenvalue weighted by atomic mass is 10.1. The highest BCUT2D eigenvalue weighted by Gasteiger charge is 2.18. The quantitative estimate of drug-likeness (QED) is 0.131. The third-order valence-corrected chi connectivity index (χ3v) is 5.60. The van der Waals surface area contributed by atoms with Crippen molar-refractivity contribution in [1.29, 1.82) is 0 Å². The number of anilines is 1. The Balaban J connectivity index is 1.95. The number of hydrogen-bond acceptors (Lipinski definition) is 6. The molecule has 8 nitrogen and oxygen atoms in total. The molecule has 0 unspecified atom stereocenters. The van der Waals surface area contributed by atoms with Crippen molar-refractivity contribution in [2.45, 2.75) is 40.2 Å². The van der Waals surface area contributed by atoms with Gasteiger partial charge in [0.2, 0.25) is 5.91 Å². The Morgan fingerprint density at radius 3 is 2.28 bits per heavy atom. The van der Waals surface area contributed by atoms with Gasteiger partial charge in [0.25, 0.3) is 5.91 Å². The van der Waals surface area contributed by atoms with E-state index in [9.17, 15) is 9.59 Å². The maximum atomic E-state index is 12.8. The van der Waals surface area contributed by atoms with Gasteiger partial charge in [-0.1, -0.05) is 35.9 Å². The number of hydrazone groups is 1. The average Bonchev–Trinajstić information content (AvgIpc) is 2.90. The molecular formula is C31H35N3O5. The number of carbonyl (C=O) groups excluding carboxylic acids is 2. The van der Waals surface area contributed by atoms with Crippen molar-refractivity contribution in [2.75, 3.05) is 18.2 Å². The molecule has 204 valence electrons. The first-order chi connectivity index (χ1) is 18.8. The molecule has 39 heavy (non-hydrogen) atoms. The Morgan fingerprint density at radius 2 is 1.67 bits per heavy atom. The van der Waals surface area contributed by atoms with Gasteiger partial charge < -0.3 is 19.9 Å². The molecule has 0 saturated carbocycles. The standard InChI is InChI=1S/C31H35N3O5/c1-5-8-25-17-24(18-28(38-7-3)31(25)39-21-23-11-9-22(4)10-12-23)20-33-34(30(36)19-29(32)35)26-13-15-27(16-14-26)37-6-2/h5,9-18,20H,1,6-8,19,21H2,2-4H3,(H2,32,35). The maximum Gasteiger partial charge on any atom is 0.256 e. The van der Waals surface area contributed by atoms with Crippen LogP contribution in [0.25, 0.3) is 0 Å². The number of aryl methyl sites for hydroxylation is 1. The smallest absolute Gasteiger partial charge is 0.256 e. The average molecular weight is 530 g/mol. The molecule has 2 amide bonds. The molecule has 0 spiro atoms. The van der Waals surface area contributed by atoms with E-state index < -0.39 is 18.2 Å². The summed E-state index contributed by atoms with van der Waals surface area (Å²) in [5, 5.41) is 5.56. The van der Waals surface area contributed by atoms with E-state index >= 15 is 0 Å². The van der Waals surface area contributed by atoms with E-state index in [1.54, 1.807) is 36.4 Å². The Kier molecular flexibility index (Phi) is 10.7. The SMILES string of the molecule is C=CCc1cc(C=NN(C(=O)CC(N)=O)c2ccc(OCC)cc2)cc(OCC)c1OCc1ccc(C)cc1. The van der Waals surface area contributed by atoms with E-state index in [4.69, 9.17) is 19.9 Å². The molecule has 0 atom stereocenters. The number of carbonyl (C=O) groups is 2. The summed E-state index contributed by atoms with van der Waals surface area (Å²) >= 11 is 0. The zero-order valence-electron chi connectivity index (χ0n) is 22.7. The number of hydrogen-bond donors (Lipinski definition) is 1. The highest BCUT2D eigenvalue weighted by molar-refractivity contribution is 6.05. The number of rotatable bonds is 14. The van der Waals surface area contributed by atoms with E-state index in [1.807, 2.05) is 51.1 Å². The molecule has 3 aromatic rings. The Labute approximate surface area is 229 Å². The van der Waals surface area contributed by atoms with Gasteiger partial charge >= 0.3 is 0 Å². The Bertz CT molecular complexity index is 1300. The van der Waals surface area contributed by atoms with Crippen LogP contribution in [0.15, 0.2) is 78.4 Å². The zero-order chi connectivity index (χ0) is 28.2. The summed E-state index contributed by atoms with van der Waals surface area (Å²) in [6.45, 7) is 11.0. The predicted molar refractivity (Wildman–Crippen MR) is 154 cm³/mol. The lowest BCUT2D eigenvalue weighted by Crippen LogP contribution is -2.30. The molecule has 0 radical (unpaired) electrons. The van der Waals surface area contributed by atoms with E-state index in [0.717, 1.165) is 16.1 Å². The van der Waals surface area contributed by atoms with Crippen LogP contribution in [0.1, 0.15) is 42.5 Å². The second-order valence-electron chi connectivity index (χ2n) is 8.73. The number of amides is 2. The van der Waals surface area contributed by atoms with Crippen LogP contribution < -0.4 is 25.0 Å². The molecule has 0 aliphatic rings. The number of nitrogens with zero attached hydrogens (tertiary/aromatic N) is 2. The van der Waals surface area contributed by atoms with Crippen LogP contribution >= 0.6 is 0 Å². The molecule has 0 saturated heterocycles. The third-order valence-electron chi connectivity index (χ3n) is 5.60. The van der Waals surface area contributed by atoms with Crippen LogP contribution in [-0.2, 0) is 22.6 Å². The number of ether oxygens (including phenoxy) is 3. The van der Waals surface area contributed by atoms with Gasteiger partial charge in [-0.15, -0.1) is 6.58 Å². The first-order valence-electron chi connectivity index (χ1n) is 12.8. The van der Waals surface area contributed by atoms with Crippen molar-refractivity contribution in [3.05, 3.63) is 95.6 Å². The van der Waals surface area contributed by atoms with Crippen molar-refractivity contribution in [2.24, 2.45) is 10.8 Å². The van der Waals surface area contributed by atoms with Crippen LogP contribution in [0.2, 0.25) is 0 Å². The van der Waals surface area contributed by atoms with Crippen molar-refractivity contribution in [1.82, 2.24) is 0 Å². The Hall–Kier alpha value is -4.59. The molecule has 3 aromatic carbocycles. The fraction of sp³-hybridized carbons (Fsp3) is 0.258. The van der Waals surface area contributed by atoms with Crippen molar-refractivity contribution in [3.63, 3.8) is 0 Å². The van der Waals surface area contributed by atoms with Gasteiger partial charge in [0, 0.05) is 5.56 Å². The van der Waals surface area contributed by atoms with E-state index in [0.29, 0.717) is 54.7 Å². The topological polar surface area (TPSA) is 103 Å². The molecule has 3 rings (SSSR count). The summed E-state index contributed by atoms with van der Waals surface area (Å²) < 4.78 is 17.6. The largest absolute Gasteiger partial charge is 0.494 e. The number of benzene rings is 3. The van der Waals surface area contributed by atoms with Crippen LogP contribution in [0.5, 0.6) is 17.2 Å². The van der Waals surface area contributed by atoms with Gasteiger partial charge in [-0.25, -0.2) is 5.01 Å². The zero-order valence-corrected chi connectivity index (χ0v) is 22.7. The molecule has 0 heterocycles. The third kappa shape index (κ3) is 8.46. The van der Waals surface area contributed by atoms with E-state index in [2.05, 4.69) is 11.7 Å². The van der Waals surface area contributed by atoms with Gasteiger partial charge in [0.1, 0.15) is 18.8 Å². The minimum atomic E-state index is -0.742. The van der Waals surface area contributed by atoms with E-state index in [1.165, 1.54) is 11.8 Å². The molecular weight excluding hydrogens is 494 g/mol. The van der Waals surface area contributed by atoms with Gasteiger partial charge in [0.15, 0.2) is 11.5 Å². The van der Waals surface area contributed by atoms with Crippen molar-refractivity contribution in [3.8, 4) is 17.2 Å². The first-order valence-corrected chi connectivity index (χ1v) is 12.8. The van der Waals surface area contributed by atoms with Crippen molar-refractivity contribution >= 4 is 23.7 Å². The van der Waals surface area contributed by atoms with Crippen LogP contribution in [0, 0.1) is 6.92 Å². The molecule has 0 bridgehead atoms. The summed E-state index contributed by atoms with van der Waals surface area (Å²) in [6, 6.07) is 18.7. The van der Waals surface area contributed by atoms with Crippen molar-refractivity contribution < 1.29 is 23.8 Å². The fourth-order valence-corrected chi connectivity index (χ4v) is 3.81. The summed E-state index contributed by atoms with van der Waals surface area (Å²) in [7, 11) is 0. The van der Waals surface area contributed by atoms with Gasteiger partial charge in [0.05, 0.1) is 25.1 Å². The number of nitrogens with two attached hydrogens (primary N) is 1. The second kappa shape index (κ2) is 14.4. The first kappa shape index (κ1) is 29.0. The minimum Gasteiger partial charge on any atom is -0.494 e. The summed E-state index contributed by atoms with van der Waals surface area (Å²) in [5.74, 6) is 0.541. The predicted octanol–water partition coefficient (Wildman–Crippen LogP) is 5.34. The molecule has 0 fully saturated rings. The van der Waals surface area contributed by atoms with Gasteiger partial charge in [-0.05, 0) is 74.7 Å². The van der Waals surface area contributed by atoms with Gasteiger partial charge in [-0.2, -0.15) is 5.10 Å². The summed E-state index contributed by atoms with van der Waals surface area (Å²) in [6.07, 6.45) is 3.37. The summed E-state index contributed by atoms with van der Waals surface area (Å²) in [4.78, 5) is 24.3. The second-order valence-corrected chi connectivity index (χ2v) is 8.73. The number of allylic oxidation sites excluding steroid dienone is 1. The molecule has 0 aliphatic carbocycles. The molecule has 0 aliphatic heterocycles. The lowest BCUT2D eigenvalue weighted by molar-refractivity contribution is -0.126. The normalized spacial score (nSPS) is 10.7. The highest BCUT2D eigenvalue weighted by atomic mass is 16.5. The molecule has 8 heteroatoms. The van der Waals surface area contributed by atoms with Gasteiger partial charge in [-0.3, -0.25) is 9.59 Å².